The summed E-state index contributed by atoms with van der Waals surface area (Å²) in [5.41, 5.74) is -0.607. The third-order valence-corrected chi connectivity index (χ3v) is 4.18. The van der Waals surface area contributed by atoms with Crippen LogP contribution in [-0.4, -0.2) is 33.5 Å². The highest BCUT2D eigenvalue weighted by molar-refractivity contribution is 7.05. The average Bonchev–Trinajstić information content (AvgIpc) is 2.74. The number of likely N-dealkylation sites (tertiary alicyclic amines) is 1. The molecule has 1 atom stereocenters. The lowest BCUT2D eigenvalue weighted by molar-refractivity contribution is 0.0488. The molecule has 1 saturated heterocycles. The van der Waals surface area contributed by atoms with Crippen LogP contribution in [0.25, 0.3) is 0 Å². The molecule has 2 heterocycles. The quantitative estimate of drug-likeness (QED) is 0.797. The number of hydrogen-bond donors (Lipinski definition) is 1. The summed E-state index contributed by atoms with van der Waals surface area (Å²) in [5, 5.41) is 10.4. The largest absolute Gasteiger partial charge is 0.383 e. The summed E-state index contributed by atoms with van der Waals surface area (Å²) in [6, 6.07) is 2.71. The summed E-state index contributed by atoms with van der Waals surface area (Å²) in [7, 11) is 0. The van der Waals surface area contributed by atoms with Crippen LogP contribution in [0.4, 0.5) is 0 Å². The Balaban J connectivity index is 1.78. The van der Waals surface area contributed by atoms with E-state index in [2.05, 4.69) is 9.27 Å². The van der Waals surface area contributed by atoms with Crippen molar-refractivity contribution in [1.29, 1.82) is 0 Å². The van der Waals surface area contributed by atoms with Gasteiger partial charge < -0.3 is 5.11 Å². The molecule has 76 valence electrons. The Hall–Kier alpha value is -0.450. The normalized spacial score (nSPS) is 33.8. The van der Waals surface area contributed by atoms with Crippen molar-refractivity contribution in [2.75, 3.05) is 13.1 Å². The van der Waals surface area contributed by atoms with Crippen molar-refractivity contribution in [2.45, 2.75) is 30.9 Å². The average molecular weight is 210 g/mol. The number of nitrogens with zero attached hydrogens (tertiary/aromatic N) is 2. The second kappa shape index (κ2) is 3.02. The van der Waals surface area contributed by atoms with Crippen molar-refractivity contribution >= 4 is 11.5 Å². The molecular formula is C10H14N2OS. The van der Waals surface area contributed by atoms with Crippen LogP contribution in [0, 0.1) is 0 Å². The maximum atomic E-state index is 10.4. The molecule has 1 aliphatic carbocycles. The molecular weight excluding hydrogens is 196 g/mol. The first kappa shape index (κ1) is 8.83. The molecule has 2 aliphatic rings. The van der Waals surface area contributed by atoms with Crippen LogP contribution in [-0.2, 0) is 5.60 Å². The van der Waals surface area contributed by atoms with Crippen LogP contribution in [0.3, 0.4) is 0 Å². The van der Waals surface area contributed by atoms with Crippen molar-refractivity contribution in [3.63, 3.8) is 0 Å². The van der Waals surface area contributed by atoms with E-state index in [1.807, 2.05) is 6.07 Å². The third kappa shape index (κ3) is 1.38. The second-order valence-electron chi connectivity index (χ2n) is 4.36. The van der Waals surface area contributed by atoms with Crippen LogP contribution in [0.2, 0.25) is 0 Å². The van der Waals surface area contributed by atoms with Crippen LogP contribution < -0.4 is 0 Å². The molecule has 4 heteroatoms. The van der Waals surface area contributed by atoms with Gasteiger partial charge in [-0.05, 0) is 36.9 Å². The van der Waals surface area contributed by atoms with Crippen LogP contribution in [0.15, 0.2) is 12.3 Å². The summed E-state index contributed by atoms with van der Waals surface area (Å²) < 4.78 is 4.06. The number of rotatable bonds is 2. The minimum atomic E-state index is -0.607. The highest BCUT2D eigenvalue weighted by Gasteiger charge is 2.43. The van der Waals surface area contributed by atoms with E-state index in [0.717, 1.165) is 30.4 Å². The molecule has 2 fully saturated rings. The van der Waals surface area contributed by atoms with Crippen LogP contribution in [0.1, 0.15) is 24.1 Å². The highest BCUT2D eigenvalue weighted by atomic mass is 32.1. The fraction of sp³-hybridized carbons (Fsp3) is 0.700. The zero-order valence-electron chi connectivity index (χ0n) is 8.02. The molecule has 1 aromatic heterocycles. The topological polar surface area (TPSA) is 36.4 Å². The third-order valence-electron chi connectivity index (χ3n) is 3.24. The van der Waals surface area contributed by atoms with Gasteiger partial charge in [0.2, 0.25) is 0 Å². The molecule has 0 bridgehead atoms. The van der Waals surface area contributed by atoms with Crippen molar-refractivity contribution < 1.29 is 5.11 Å². The SMILES string of the molecule is OC1(c2ccns2)CCN(C2CC2)C1. The lowest BCUT2D eigenvalue weighted by atomic mass is 10.0. The molecule has 0 radical (unpaired) electrons. The van der Waals surface area contributed by atoms with Gasteiger partial charge >= 0.3 is 0 Å². The molecule has 1 unspecified atom stereocenters. The van der Waals surface area contributed by atoms with E-state index in [0.29, 0.717) is 0 Å². The lowest BCUT2D eigenvalue weighted by Gasteiger charge is -2.21. The first-order valence-electron chi connectivity index (χ1n) is 5.15. The predicted molar refractivity (Wildman–Crippen MR) is 55.2 cm³/mol. The van der Waals surface area contributed by atoms with Crippen molar-refractivity contribution in [3.8, 4) is 0 Å². The van der Waals surface area contributed by atoms with Gasteiger partial charge in [-0.25, -0.2) is 4.37 Å². The molecule has 3 nitrogen and oxygen atoms in total. The summed E-state index contributed by atoms with van der Waals surface area (Å²) >= 11 is 1.43. The molecule has 1 aromatic rings. The Morgan fingerprint density at radius 3 is 3.07 bits per heavy atom. The molecule has 14 heavy (non-hydrogen) atoms. The Labute approximate surface area is 87.5 Å². The van der Waals surface area contributed by atoms with E-state index in [1.54, 1.807) is 6.20 Å². The van der Waals surface area contributed by atoms with Crippen molar-refractivity contribution in [1.82, 2.24) is 9.27 Å². The van der Waals surface area contributed by atoms with E-state index in [9.17, 15) is 5.11 Å². The smallest absolute Gasteiger partial charge is 0.114 e. The molecule has 1 saturated carbocycles. The van der Waals surface area contributed by atoms with Crippen molar-refractivity contribution in [2.24, 2.45) is 0 Å². The van der Waals surface area contributed by atoms with Crippen molar-refractivity contribution in [3.05, 3.63) is 17.1 Å². The van der Waals surface area contributed by atoms with E-state index in [4.69, 9.17) is 0 Å². The number of hydrogen-bond acceptors (Lipinski definition) is 4. The number of aliphatic hydroxyl groups is 1. The zero-order chi connectivity index (χ0) is 9.60. The molecule has 1 N–H and O–H groups in total. The first-order valence-corrected chi connectivity index (χ1v) is 5.93. The second-order valence-corrected chi connectivity index (χ2v) is 5.19. The summed E-state index contributed by atoms with van der Waals surface area (Å²) in [6.45, 7) is 1.85. The van der Waals surface area contributed by atoms with Gasteiger partial charge in [0.25, 0.3) is 0 Å². The molecule has 0 amide bonds. The Bertz CT molecular complexity index is 323. The van der Waals surface area contributed by atoms with E-state index < -0.39 is 5.60 Å². The zero-order valence-corrected chi connectivity index (χ0v) is 8.83. The number of aromatic nitrogens is 1. The van der Waals surface area contributed by atoms with Crippen LogP contribution >= 0.6 is 11.5 Å². The van der Waals surface area contributed by atoms with Gasteiger partial charge in [-0.2, -0.15) is 0 Å². The molecule has 0 aromatic carbocycles. The Morgan fingerprint density at radius 1 is 1.57 bits per heavy atom. The molecule has 0 spiro atoms. The monoisotopic (exact) mass is 210 g/mol. The first-order chi connectivity index (χ1) is 6.78. The maximum absolute atomic E-state index is 10.4. The van der Waals surface area contributed by atoms with Gasteiger partial charge in [0.15, 0.2) is 0 Å². The van der Waals surface area contributed by atoms with E-state index in [-0.39, 0.29) is 0 Å². The van der Waals surface area contributed by atoms with Gasteiger partial charge in [0, 0.05) is 25.3 Å². The summed E-state index contributed by atoms with van der Waals surface area (Å²) in [4.78, 5) is 3.44. The fourth-order valence-corrected chi connectivity index (χ4v) is 2.92. The van der Waals surface area contributed by atoms with Gasteiger partial charge in [0.05, 0.1) is 4.88 Å². The maximum Gasteiger partial charge on any atom is 0.114 e. The Morgan fingerprint density at radius 2 is 2.43 bits per heavy atom. The molecule has 1 aliphatic heterocycles. The van der Waals surface area contributed by atoms with Gasteiger partial charge in [-0.3, -0.25) is 4.90 Å². The van der Waals surface area contributed by atoms with Gasteiger partial charge in [-0.1, -0.05) is 0 Å². The lowest BCUT2D eigenvalue weighted by Crippen LogP contribution is -2.31. The fourth-order valence-electron chi connectivity index (χ4n) is 2.23. The van der Waals surface area contributed by atoms with Gasteiger partial charge in [-0.15, -0.1) is 0 Å². The van der Waals surface area contributed by atoms with Gasteiger partial charge in [0.1, 0.15) is 5.60 Å². The Kier molecular flexibility index (Phi) is 1.90. The highest BCUT2D eigenvalue weighted by Crippen LogP contribution is 2.39. The minimum absolute atomic E-state index is 0.607. The minimum Gasteiger partial charge on any atom is -0.383 e. The summed E-state index contributed by atoms with van der Waals surface area (Å²) in [5.74, 6) is 0. The standard InChI is InChI=1S/C10H14N2OS/c13-10(9-3-5-11-14-9)4-6-12(7-10)8-1-2-8/h3,5,8,13H,1-2,4,6-7H2. The molecule has 3 rings (SSSR count). The summed E-state index contributed by atoms with van der Waals surface area (Å²) in [6.07, 6.45) is 5.28. The van der Waals surface area contributed by atoms with Crippen LogP contribution in [0.5, 0.6) is 0 Å². The number of β-amino-alcohol motifs (C(OH)–C–C–N with tert-alkyl or cyclic N) is 1. The van der Waals surface area contributed by atoms with E-state index in [1.165, 1.54) is 24.4 Å². The van der Waals surface area contributed by atoms with E-state index >= 15 is 0 Å². The predicted octanol–water partition coefficient (Wildman–Crippen LogP) is 1.20.